The van der Waals surface area contributed by atoms with Crippen LogP contribution in [-0.4, -0.2) is 37.5 Å². The van der Waals surface area contributed by atoms with Crippen molar-refractivity contribution in [2.45, 2.75) is 20.8 Å². The van der Waals surface area contributed by atoms with Gasteiger partial charge in [0.1, 0.15) is 13.5 Å². The molecule has 0 bridgehead atoms. The van der Waals surface area contributed by atoms with Crippen LogP contribution in [0, 0.1) is 0 Å². The summed E-state index contributed by atoms with van der Waals surface area (Å²) in [5.74, 6) is -0.132. The molecule has 0 fully saturated rings. The van der Waals surface area contributed by atoms with E-state index >= 15 is 0 Å². The number of nitrogens with zero attached hydrogens (tertiary/aromatic N) is 1. The molecule has 0 radical (unpaired) electrons. The molecule has 4 heteroatoms. The van der Waals surface area contributed by atoms with Gasteiger partial charge in [-0.1, -0.05) is 6.58 Å². The second kappa shape index (κ2) is 7.53. The normalized spacial score (nSPS) is 9.93. The molecule has 0 aliphatic rings. The zero-order valence-electron chi connectivity index (χ0n) is 9.21. The van der Waals surface area contributed by atoms with Crippen molar-refractivity contribution in [3.63, 3.8) is 0 Å². The fourth-order valence-electron chi connectivity index (χ4n) is 0.827. The van der Waals surface area contributed by atoms with E-state index in [1.165, 1.54) is 4.90 Å². The molecule has 0 aromatic carbocycles. The number of hydrogen-bond acceptors (Lipinski definition) is 3. The number of carbonyl (C=O) groups excluding carboxylic acids is 1. The molecule has 82 valence electrons. The highest BCUT2D eigenvalue weighted by Crippen LogP contribution is 1.99. The Labute approximate surface area is 85.5 Å². The standard InChI is InChI=1S/C10H19NO3/c1-5-13-7-11(8-14-6-2)10(12)9(3)4/h3,5-8H2,1-2,4H3. The van der Waals surface area contributed by atoms with Crippen LogP contribution in [0.25, 0.3) is 0 Å². The fourth-order valence-corrected chi connectivity index (χ4v) is 0.827. The molecule has 0 aliphatic heterocycles. The van der Waals surface area contributed by atoms with Gasteiger partial charge < -0.3 is 9.47 Å². The summed E-state index contributed by atoms with van der Waals surface area (Å²) in [7, 11) is 0. The summed E-state index contributed by atoms with van der Waals surface area (Å²) in [6.07, 6.45) is 0. The van der Waals surface area contributed by atoms with Gasteiger partial charge in [0, 0.05) is 18.8 Å². The van der Waals surface area contributed by atoms with E-state index in [1.807, 2.05) is 13.8 Å². The fraction of sp³-hybridized carbons (Fsp3) is 0.700. The molecule has 4 nitrogen and oxygen atoms in total. The van der Waals surface area contributed by atoms with Crippen LogP contribution in [0.3, 0.4) is 0 Å². The maximum Gasteiger partial charge on any atom is 0.252 e. The number of amides is 1. The third kappa shape index (κ3) is 4.99. The van der Waals surface area contributed by atoms with Gasteiger partial charge in [-0.3, -0.25) is 9.69 Å². The van der Waals surface area contributed by atoms with Crippen molar-refractivity contribution in [2.75, 3.05) is 26.7 Å². The molecule has 0 unspecified atom stereocenters. The highest BCUT2D eigenvalue weighted by Gasteiger charge is 2.13. The molecule has 0 spiro atoms. The Morgan fingerprint density at radius 2 is 1.64 bits per heavy atom. The zero-order valence-corrected chi connectivity index (χ0v) is 9.21. The van der Waals surface area contributed by atoms with Crippen LogP contribution in [0.2, 0.25) is 0 Å². The molecule has 0 saturated heterocycles. The van der Waals surface area contributed by atoms with Crippen molar-refractivity contribution in [1.29, 1.82) is 0 Å². The van der Waals surface area contributed by atoms with Gasteiger partial charge in [-0.2, -0.15) is 0 Å². The summed E-state index contributed by atoms with van der Waals surface area (Å²) in [5.41, 5.74) is 0.490. The minimum Gasteiger partial charge on any atom is -0.361 e. The Balaban J connectivity index is 4.08. The first-order valence-corrected chi connectivity index (χ1v) is 4.73. The summed E-state index contributed by atoms with van der Waals surface area (Å²) in [4.78, 5) is 13.0. The molecule has 0 heterocycles. The van der Waals surface area contributed by atoms with E-state index in [2.05, 4.69) is 6.58 Å². The highest BCUT2D eigenvalue weighted by atomic mass is 16.5. The zero-order chi connectivity index (χ0) is 11.0. The molecule has 0 N–H and O–H groups in total. The lowest BCUT2D eigenvalue weighted by Gasteiger charge is -2.21. The van der Waals surface area contributed by atoms with Gasteiger partial charge in [-0.05, 0) is 20.8 Å². The van der Waals surface area contributed by atoms with E-state index in [9.17, 15) is 4.79 Å². The third-order valence-electron chi connectivity index (χ3n) is 1.55. The summed E-state index contributed by atoms with van der Waals surface area (Å²) < 4.78 is 10.3. The average Bonchev–Trinajstić information content (AvgIpc) is 2.17. The lowest BCUT2D eigenvalue weighted by atomic mass is 10.3. The second-order valence-electron chi connectivity index (χ2n) is 2.87. The first kappa shape index (κ1) is 13.1. The van der Waals surface area contributed by atoms with Crippen LogP contribution in [-0.2, 0) is 14.3 Å². The van der Waals surface area contributed by atoms with Gasteiger partial charge in [0.2, 0.25) is 0 Å². The topological polar surface area (TPSA) is 38.8 Å². The van der Waals surface area contributed by atoms with Crippen molar-refractivity contribution in [1.82, 2.24) is 4.90 Å². The van der Waals surface area contributed by atoms with Gasteiger partial charge in [0.15, 0.2) is 0 Å². The highest BCUT2D eigenvalue weighted by molar-refractivity contribution is 5.91. The van der Waals surface area contributed by atoms with Crippen LogP contribution in [0.15, 0.2) is 12.2 Å². The lowest BCUT2D eigenvalue weighted by Crippen LogP contribution is -2.35. The predicted octanol–water partition coefficient (Wildman–Crippen LogP) is 1.38. The number of hydrogen-bond donors (Lipinski definition) is 0. The minimum atomic E-state index is -0.132. The van der Waals surface area contributed by atoms with Crippen molar-refractivity contribution < 1.29 is 14.3 Å². The number of rotatable bonds is 7. The molecule has 0 atom stereocenters. The third-order valence-corrected chi connectivity index (χ3v) is 1.55. The molecule has 0 aromatic rings. The van der Waals surface area contributed by atoms with Crippen LogP contribution in [0.5, 0.6) is 0 Å². The summed E-state index contributed by atoms with van der Waals surface area (Å²) in [6.45, 7) is 10.7. The molecular formula is C10H19NO3. The van der Waals surface area contributed by atoms with Gasteiger partial charge in [-0.15, -0.1) is 0 Å². The average molecular weight is 201 g/mol. The molecule has 14 heavy (non-hydrogen) atoms. The Morgan fingerprint density at radius 1 is 1.21 bits per heavy atom. The number of ether oxygens (including phenoxy) is 2. The van der Waals surface area contributed by atoms with Crippen molar-refractivity contribution in [2.24, 2.45) is 0 Å². The second-order valence-corrected chi connectivity index (χ2v) is 2.87. The monoisotopic (exact) mass is 201 g/mol. The van der Waals surface area contributed by atoms with Crippen molar-refractivity contribution >= 4 is 5.91 Å². The molecular weight excluding hydrogens is 182 g/mol. The minimum absolute atomic E-state index is 0.132. The van der Waals surface area contributed by atoms with Crippen LogP contribution >= 0.6 is 0 Å². The molecule has 1 amide bonds. The maximum atomic E-state index is 11.5. The largest absolute Gasteiger partial charge is 0.361 e. The van der Waals surface area contributed by atoms with E-state index in [1.54, 1.807) is 6.92 Å². The summed E-state index contributed by atoms with van der Waals surface area (Å²) >= 11 is 0. The summed E-state index contributed by atoms with van der Waals surface area (Å²) in [6, 6.07) is 0. The first-order chi connectivity index (χ1) is 6.63. The van der Waals surface area contributed by atoms with Crippen LogP contribution in [0.1, 0.15) is 20.8 Å². The van der Waals surface area contributed by atoms with E-state index in [4.69, 9.17) is 9.47 Å². The van der Waals surface area contributed by atoms with E-state index in [0.717, 1.165) is 0 Å². The molecule has 0 aliphatic carbocycles. The quantitative estimate of drug-likeness (QED) is 0.461. The summed E-state index contributed by atoms with van der Waals surface area (Å²) in [5, 5.41) is 0. The van der Waals surface area contributed by atoms with Crippen molar-refractivity contribution in [3.05, 3.63) is 12.2 Å². The van der Waals surface area contributed by atoms with Gasteiger partial charge in [-0.25, -0.2) is 0 Å². The molecule has 0 saturated carbocycles. The van der Waals surface area contributed by atoms with E-state index in [0.29, 0.717) is 18.8 Å². The Hall–Kier alpha value is -0.870. The Morgan fingerprint density at radius 3 is 1.93 bits per heavy atom. The predicted molar refractivity (Wildman–Crippen MR) is 54.6 cm³/mol. The van der Waals surface area contributed by atoms with Gasteiger partial charge in [0.25, 0.3) is 5.91 Å². The Kier molecular flexibility index (Phi) is 7.06. The SMILES string of the molecule is C=C(C)C(=O)N(COCC)COCC. The molecule has 0 aromatic heterocycles. The van der Waals surface area contributed by atoms with E-state index < -0.39 is 0 Å². The molecule has 0 rings (SSSR count). The smallest absolute Gasteiger partial charge is 0.252 e. The van der Waals surface area contributed by atoms with Gasteiger partial charge in [0.05, 0.1) is 0 Å². The first-order valence-electron chi connectivity index (χ1n) is 4.73. The van der Waals surface area contributed by atoms with Crippen LogP contribution in [0.4, 0.5) is 0 Å². The number of carbonyl (C=O) groups is 1. The van der Waals surface area contributed by atoms with Crippen LogP contribution < -0.4 is 0 Å². The van der Waals surface area contributed by atoms with Crippen molar-refractivity contribution in [3.8, 4) is 0 Å². The van der Waals surface area contributed by atoms with E-state index in [-0.39, 0.29) is 19.4 Å². The maximum absolute atomic E-state index is 11.5. The lowest BCUT2D eigenvalue weighted by molar-refractivity contribution is -0.140. The van der Waals surface area contributed by atoms with Gasteiger partial charge >= 0.3 is 0 Å². The Bertz CT molecular complexity index is 184.